The number of rotatable bonds is 6. The van der Waals surface area contributed by atoms with Crippen molar-refractivity contribution in [3.63, 3.8) is 0 Å². The molecule has 2 N–H and O–H groups in total. The summed E-state index contributed by atoms with van der Waals surface area (Å²) < 4.78 is 0. The molecule has 1 aromatic heterocycles. The summed E-state index contributed by atoms with van der Waals surface area (Å²) >= 11 is 1.71. The Hall–Kier alpha value is -1.35. The molecular formula is C21H32IN5S. The molecule has 154 valence electrons. The fourth-order valence-electron chi connectivity index (χ4n) is 3.58. The second-order valence-electron chi connectivity index (χ2n) is 7.21. The van der Waals surface area contributed by atoms with Gasteiger partial charge in [-0.15, -0.1) is 35.3 Å². The van der Waals surface area contributed by atoms with Gasteiger partial charge in [-0.1, -0.05) is 31.4 Å². The fourth-order valence-corrected chi connectivity index (χ4v) is 4.30. The second-order valence-corrected chi connectivity index (χ2v) is 8.53. The zero-order valence-electron chi connectivity index (χ0n) is 17.1. The molecule has 1 aliphatic rings. The zero-order chi connectivity index (χ0) is 19.1. The van der Waals surface area contributed by atoms with Crippen LogP contribution in [0.4, 0.5) is 5.69 Å². The summed E-state index contributed by atoms with van der Waals surface area (Å²) in [6.45, 7) is 3.52. The number of benzene rings is 1. The van der Waals surface area contributed by atoms with Gasteiger partial charge >= 0.3 is 0 Å². The maximum absolute atomic E-state index is 4.37. The number of aliphatic imine (C=N–C) groups is 1. The third-order valence-electron chi connectivity index (χ3n) is 5.23. The number of nitrogens with zero attached hydrogens (tertiary/aromatic N) is 3. The molecule has 2 aromatic rings. The molecule has 7 heteroatoms. The van der Waals surface area contributed by atoms with E-state index in [0.29, 0.717) is 12.6 Å². The molecular weight excluding hydrogens is 481 g/mol. The van der Waals surface area contributed by atoms with Crippen LogP contribution >= 0.6 is 35.3 Å². The molecule has 1 fully saturated rings. The third kappa shape index (κ3) is 6.62. The summed E-state index contributed by atoms with van der Waals surface area (Å²) in [6, 6.07) is 9.58. The number of anilines is 1. The summed E-state index contributed by atoms with van der Waals surface area (Å²) in [7, 11) is 4.03. The minimum absolute atomic E-state index is 0. The van der Waals surface area contributed by atoms with E-state index in [1.54, 1.807) is 18.4 Å². The molecule has 0 saturated heterocycles. The molecule has 1 saturated carbocycles. The summed E-state index contributed by atoms with van der Waals surface area (Å²) in [5.41, 5.74) is 2.57. The largest absolute Gasteiger partial charge is 0.372 e. The van der Waals surface area contributed by atoms with E-state index in [1.165, 1.54) is 48.2 Å². The van der Waals surface area contributed by atoms with Gasteiger partial charge in [0, 0.05) is 43.4 Å². The van der Waals surface area contributed by atoms with Gasteiger partial charge in [0.2, 0.25) is 0 Å². The van der Waals surface area contributed by atoms with Crippen molar-refractivity contribution in [2.75, 3.05) is 19.0 Å². The Balaban J connectivity index is 0.00000280. The van der Waals surface area contributed by atoms with Gasteiger partial charge in [0.1, 0.15) is 5.01 Å². The highest BCUT2D eigenvalue weighted by molar-refractivity contribution is 14.0. The highest BCUT2D eigenvalue weighted by Crippen LogP contribution is 2.26. The fraction of sp³-hybridized carbons (Fsp3) is 0.524. The maximum Gasteiger partial charge on any atom is 0.191 e. The van der Waals surface area contributed by atoms with Crippen molar-refractivity contribution in [3.8, 4) is 0 Å². The summed E-state index contributed by atoms with van der Waals surface area (Å²) in [6.07, 6.45) is 8.67. The lowest BCUT2D eigenvalue weighted by Crippen LogP contribution is -2.36. The van der Waals surface area contributed by atoms with Gasteiger partial charge in [-0.2, -0.15) is 0 Å². The summed E-state index contributed by atoms with van der Waals surface area (Å²) in [4.78, 5) is 12.3. The first-order valence-corrected chi connectivity index (χ1v) is 10.6. The Labute approximate surface area is 190 Å². The number of aryl methyl sites for hydroxylation is 1. The Bertz CT molecular complexity index is 738. The first kappa shape index (κ1) is 22.9. The van der Waals surface area contributed by atoms with Crippen LogP contribution in [0.1, 0.15) is 47.6 Å². The standard InChI is InChI=1S/C21H31N5S.HI/c1-16-13-23-20(27-16)15-25-21(22-2)24-14-17-9-11-19(12-10-17)26(3)18-7-5-4-6-8-18;/h9-13,18H,4-8,14-15H2,1-3H3,(H2,22,24,25);1H. The first-order valence-electron chi connectivity index (χ1n) is 9.83. The molecule has 0 amide bonds. The second kappa shape index (κ2) is 11.6. The predicted molar refractivity (Wildman–Crippen MR) is 131 cm³/mol. The lowest BCUT2D eigenvalue weighted by molar-refractivity contribution is 0.427. The number of nitrogens with one attached hydrogen (secondary N) is 2. The Morgan fingerprint density at radius 2 is 1.82 bits per heavy atom. The monoisotopic (exact) mass is 513 g/mol. The quantitative estimate of drug-likeness (QED) is 0.334. The van der Waals surface area contributed by atoms with Crippen molar-refractivity contribution in [1.82, 2.24) is 15.6 Å². The Kier molecular flexibility index (Phi) is 9.50. The Morgan fingerprint density at radius 3 is 2.43 bits per heavy atom. The number of thiazole rings is 1. The van der Waals surface area contributed by atoms with Crippen LogP contribution in [-0.4, -0.2) is 31.1 Å². The first-order chi connectivity index (χ1) is 13.2. The van der Waals surface area contributed by atoms with Crippen LogP contribution in [0.3, 0.4) is 0 Å². The minimum Gasteiger partial charge on any atom is -0.372 e. The lowest BCUT2D eigenvalue weighted by atomic mass is 9.94. The molecule has 1 aromatic carbocycles. The number of hydrogen-bond donors (Lipinski definition) is 2. The molecule has 0 atom stereocenters. The summed E-state index contributed by atoms with van der Waals surface area (Å²) in [5.74, 6) is 0.797. The topological polar surface area (TPSA) is 52.6 Å². The molecule has 28 heavy (non-hydrogen) atoms. The predicted octanol–water partition coefficient (Wildman–Crippen LogP) is 4.70. The van der Waals surface area contributed by atoms with E-state index >= 15 is 0 Å². The van der Waals surface area contributed by atoms with Gasteiger partial charge in [-0.3, -0.25) is 4.99 Å². The van der Waals surface area contributed by atoms with Crippen molar-refractivity contribution in [2.24, 2.45) is 4.99 Å². The molecule has 3 rings (SSSR count). The van der Waals surface area contributed by atoms with E-state index in [0.717, 1.165) is 17.5 Å². The Morgan fingerprint density at radius 1 is 1.14 bits per heavy atom. The van der Waals surface area contributed by atoms with E-state index in [2.05, 4.69) is 63.7 Å². The normalized spacial score (nSPS) is 15.0. The van der Waals surface area contributed by atoms with E-state index in [4.69, 9.17) is 0 Å². The summed E-state index contributed by atoms with van der Waals surface area (Å²) in [5, 5.41) is 7.77. The van der Waals surface area contributed by atoms with Crippen molar-refractivity contribution in [3.05, 3.63) is 45.9 Å². The van der Waals surface area contributed by atoms with Crippen LogP contribution in [0.15, 0.2) is 35.5 Å². The highest BCUT2D eigenvalue weighted by atomic mass is 127. The van der Waals surface area contributed by atoms with Crippen LogP contribution in [0.2, 0.25) is 0 Å². The SMILES string of the molecule is CN=C(NCc1ccc(N(C)C2CCCCC2)cc1)NCc1ncc(C)s1.I. The van der Waals surface area contributed by atoms with E-state index in [1.807, 2.05) is 6.20 Å². The molecule has 0 spiro atoms. The average molecular weight is 513 g/mol. The van der Waals surface area contributed by atoms with Crippen molar-refractivity contribution in [1.29, 1.82) is 0 Å². The van der Waals surface area contributed by atoms with Crippen LogP contribution < -0.4 is 15.5 Å². The van der Waals surface area contributed by atoms with Gasteiger partial charge in [-0.25, -0.2) is 4.98 Å². The third-order valence-corrected chi connectivity index (χ3v) is 6.14. The van der Waals surface area contributed by atoms with Gasteiger partial charge in [0.05, 0.1) is 6.54 Å². The molecule has 5 nitrogen and oxygen atoms in total. The molecule has 0 bridgehead atoms. The van der Waals surface area contributed by atoms with Crippen molar-refractivity contribution >= 4 is 47.0 Å². The molecule has 0 unspecified atom stereocenters. The lowest BCUT2D eigenvalue weighted by Gasteiger charge is -2.33. The van der Waals surface area contributed by atoms with E-state index in [-0.39, 0.29) is 24.0 Å². The van der Waals surface area contributed by atoms with Crippen molar-refractivity contribution < 1.29 is 0 Å². The zero-order valence-corrected chi connectivity index (χ0v) is 20.2. The highest BCUT2D eigenvalue weighted by Gasteiger charge is 2.18. The number of guanidine groups is 1. The van der Waals surface area contributed by atoms with E-state index < -0.39 is 0 Å². The van der Waals surface area contributed by atoms with E-state index in [9.17, 15) is 0 Å². The molecule has 0 aliphatic heterocycles. The minimum atomic E-state index is 0. The number of aromatic nitrogens is 1. The van der Waals surface area contributed by atoms with Gasteiger partial charge < -0.3 is 15.5 Å². The molecule has 0 radical (unpaired) electrons. The molecule has 1 heterocycles. The average Bonchev–Trinajstić information content (AvgIpc) is 3.14. The maximum atomic E-state index is 4.37. The van der Waals surface area contributed by atoms with Crippen LogP contribution in [0.25, 0.3) is 0 Å². The van der Waals surface area contributed by atoms with Gasteiger partial charge in [-0.05, 0) is 37.5 Å². The smallest absolute Gasteiger partial charge is 0.191 e. The van der Waals surface area contributed by atoms with Gasteiger partial charge in [0.25, 0.3) is 0 Å². The van der Waals surface area contributed by atoms with Crippen LogP contribution in [0, 0.1) is 6.92 Å². The van der Waals surface area contributed by atoms with Crippen LogP contribution in [-0.2, 0) is 13.1 Å². The number of halogens is 1. The molecule has 1 aliphatic carbocycles. The van der Waals surface area contributed by atoms with Crippen LogP contribution in [0.5, 0.6) is 0 Å². The van der Waals surface area contributed by atoms with Gasteiger partial charge in [0.15, 0.2) is 5.96 Å². The number of hydrogen-bond acceptors (Lipinski definition) is 4. The van der Waals surface area contributed by atoms with Crippen molar-refractivity contribution in [2.45, 2.75) is 58.2 Å².